The maximum atomic E-state index is 5.68. The molecule has 90 valence electrons. The van der Waals surface area contributed by atoms with Crippen LogP contribution in [0.5, 0.6) is 5.75 Å². The van der Waals surface area contributed by atoms with Crippen molar-refractivity contribution in [1.82, 2.24) is 0 Å². The van der Waals surface area contributed by atoms with Crippen LogP contribution in [0.4, 0.5) is 0 Å². The second kappa shape index (κ2) is 5.58. The van der Waals surface area contributed by atoms with E-state index >= 15 is 0 Å². The number of hydrogen-bond acceptors (Lipinski definition) is 1. The fraction of sp³-hybridized carbons (Fsp3) is 0.571. The molecule has 0 heterocycles. The molecule has 0 bridgehead atoms. The highest BCUT2D eigenvalue weighted by Crippen LogP contribution is 2.32. The SMILES string of the molecule is CCc1ccc(OCCCl)c(C(C)(C)C)c1. The molecule has 1 aromatic rings. The number of halogens is 1. The van der Waals surface area contributed by atoms with E-state index in [0.717, 1.165) is 12.2 Å². The highest BCUT2D eigenvalue weighted by atomic mass is 35.5. The summed E-state index contributed by atoms with van der Waals surface area (Å²) >= 11 is 5.65. The van der Waals surface area contributed by atoms with E-state index in [1.54, 1.807) is 0 Å². The van der Waals surface area contributed by atoms with Crippen molar-refractivity contribution in [2.45, 2.75) is 39.5 Å². The van der Waals surface area contributed by atoms with E-state index in [0.29, 0.717) is 12.5 Å². The average Bonchev–Trinajstić information content (AvgIpc) is 2.25. The molecule has 0 aliphatic heterocycles. The van der Waals surface area contributed by atoms with E-state index < -0.39 is 0 Å². The summed E-state index contributed by atoms with van der Waals surface area (Å²) in [5.74, 6) is 1.49. The van der Waals surface area contributed by atoms with Crippen LogP contribution in [0, 0.1) is 0 Å². The third-order valence-corrected chi connectivity index (χ3v) is 2.75. The number of ether oxygens (including phenoxy) is 1. The van der Waals surface area contributed by atoms with Gasteiger partial charge in [0.15, 0.2) is 0 Å². The highest BCUT2D eigenvalue weighted by Gasteiger charge is 2.19. The van der Waals surface area contributed by atoms with Crippen LogP contribution >= 0.6 is 11.6 Å². The van der Waals surface area contributed by atoms with Crippen molar-refractivity contribution in [3.8, 4) is 5.75 Å². The molecule has 0 saturated heterocycles. The smallest absolute Gasteiger partial charge is 0.123 e. The average molecular weight is 241 g/mol. The highest BCUT2D eigenvalue weighted by molar-refractivity contribution is 6.18. The van der Waals surface area contributed by atoms with Crippen LogP contribution in [0.25, 0.3) is 0 Å². The molecule has 0 atom stereocenters. The van der Waals surface area contributed by atoms with Gasteiger partial charge in [0, 0.05) is 0 Å². The van der Waals surface area contributed by atoms with Gasteiger partial charge in [-0.2, -0.15) is 0 Å². The molecule has 0 amide bonds. The van der Waals surface area contributed by atoms with Crippen LogP contribution in [0.15, 0.2) is 18.2 Å². The van der Waals surface area contributed by atoms with Crippen LogP contribution in [-0.2, 0) is 11.8 Å². The molecule has 0 fully saturated rings. The molecule has 0 aromatic heterocycles. The molecular formula is C14H21ClO. The van der Waals surface area contributed by atoms with Gasteiger partial charge in [0.25, 0.3) is 0 Å². The lowest BCUT2D eigenvalue weighted by atomic mass is 9.85. The molecule has 0 aliphatic carbocycles. The Bertz CT molecular complexity index is 339. The molecule has 1 rings (SSSR count). The van der Waals surface area contributed by atoms with Crippen molar-refractivity contribution in [3.63, 3.8) is 0 Å². The first-order valence-corrected chi connectivity index (χ1v) is 6.34. The van der Waals surface area contributed by atoms with Gasteiger partial charge in [0.1, 0.15) is 12.4 Å². The Hall–Kier alpha value is -0.690. The Kier molecular flexibility index (Phi) is 4.67. The predicted molar refractivity (Wildman–Crippen MR) is 70.7 cm³/mol. The van der Waals surface area contributed by atoms with Gasteiger partial charge in [-0.25, -0.2) is 0 Å². The van der Waals surface area contributed by atoms with Crippen molar-refractivity contribution < 1.29 is 4.74 Å². The fourth-order valence-corrected chi connectivity index (χ4v) is 1.73. The van der Waals surface area contributed by atoms with E-state index in [1.165, 1.54) is 11.1 Å². The second-order valence-electron chi connectivity index (χ2n) is 4.97. The van der Waals surface area contributed by atoms with Gasteiger partial charge in [0.2, 0.25) is 0 Å². The minimum absolute atomic E-state index is 0.104. The minimum atomic E-state index is 0.104. The molecule has 0 aliphatic rings. The minimum Gasteiger partial charge on any atom is -0.492 e. The number of alkyl halides is 1. The van der Waals surface area contributed by atoms with Crippen LogP contribution in [0.2, 0.25) is 0 Å². The molecule has 1 nitrogen and oxygen atoms in total. The van der Waals surface area contributed by atoms with E-state index in [4.69, 9.17) is 16.3 Å². The third kappa shape index (κ3) is 3.41. The Labute approximate surface area is 104 Å². The summed E-state index contributed by atoms with van der Waals surface area (Å²) in [6, 6.07) is 6.42. The van der Waals surface area contributed by atoms with Gasteiger partial charge < -0.3 is 4.74 Å². The molecule has 0 saturated carbocycles. The van der Waals surface area contributed by atoms with Crippen molar-refractivity contribution in [1.29, 1.82) is 0 Å². The topological polar surface area (TPSA) is 9.23 Å². The number of hydrogen-bond donors (Lipinski definition) is 0. The van der Waals surface area contributed by atoms with Crippen LogP contribution < -0.4 is 4.74 Å². The summed E-state index contributed by atoms with van der Waals surface area (Å²) in [6.07, 6.45) is 1.05. The largest absolute Gasteiger partial charge is 0.492 e. The van der Waals surface area contributed by atoms with Crippen LogP contribution in [-0.4, -0.2) is 12.5 Å². The van der Waals surface area contributed by atoms with E-state index in [-0.39, 0.29) is 5.41 Å². The van der Waals surface area contributed by atoms with Gasteiger partial charge in [-0.3, -0.25) is 0 Å². The predicted octanol–water partition coefficient (Wildman–Crippen LogP) is 4.16. The normalized spacial score (nSPS) is 11.6. The van der Waals surface area contributed by atoms with Gasteiger partial charge in [-0.05, 0) is 29.0 Å². The Balaban J connectivity index is 3.06. The van der Waals surface area contributed by atoms with Gasteiger partial charge in [0.05, 0.1) is 5.88 Å². The summed E-state index contributed by atoms with van der Waals surface area (Å²) < 4.78 is 5.68. The van der Waals surface area contributed by atoms with Crippen molar-refractivity contribution >= 4 is 11.6 Å². The van der Waals surface area contributed by atoms with E-state index in [9.17, 15) is 0 Å². The fourth-order valence-electron chi connectivity index (χ4n) is 1.66. The van der Waals surface area contributed by atoms with Gasteiger partial charge >= 0.3 is 0 Å². The third-order valence-electron chi connectivity index (χ3n) is 2.59. The monoisotopic (exact) mass is 240 g/mol. The zero-order chi connectivity index (χ0) is 12.2. The van der Waals surface area contributed by atoms with E-state index in [2.05, 4.69) is 45.9 Å². The molecule has 0 N–H and O–H groups in total. The quantitative estimate of drug-likeness (QED) is 0.718. The maximum absolute atomic E-state index is 5.68. The maximum Gasteiger partial charge on any atom is 0.123 e. The Morgan fingerprint density at radius 2 is 1.94 bits per heavy atom. The van der Waals surface area contributed by atoms with Crippen molar-refractivity contribution in [2.24, 2.45) is 0 Å². The van der Waals surface area contributed by atoms with Crippen molar-refractivity contribution in [3.05, 3.63) is 29.3 Å². The molecule has 0 spiro atoms. The zero-order valence-electron chi connectivity index (χ0n) is 10.6. The molecular weight excluding hydrogens is 220 g/mol. The number of rotatable bonds is 4. The lowest BCUT2D eigenvalue weighted by Gasteiger charge is -2.23. The zero-order valence-corrected chi connectivity index (χ0v) is 11.4. The van der Waals surface area contributed by atoms with Crippen LogP contribution in [0.1, 0.15) is 38.8 Å². The van der Waals surface area contributed by atoms with Crippen molar-refractivity contribution in [2.75, 3.05) is 12.5 Å². The van der Waals surface area contributed by atoms with Gasteiger partial charge in [-0.1, -0.05) is 39.8 Å². The lowest BCUT2D eigenvalue weighted by Crippen LogP contribution is -2.14. The second-order valence-corrected chi connectivity index (χ2v) is 5.35. The lowest BCUT2D eigenvalue weighted by molar-refractivity contribution is 0.332. The van der Waals surface area contributed by atoms with E-state index in [1.807, 2.05) is 0 Å². The van der Waals surface area contributed by atoms with Gasteiger partial charge in [-0.15, -0.1) is 11.6 Å². The summed E-state index contributed by atoms with van der Waals surface area (Å²) in [5.41, 5.74) is 2.72. The summed E-state index contributed by atoms with van der Waals surface area (Å²) in [4.78, 5) is 0. The molecule has 16 heavy (non-hydrogen) atoms. The first-order valence-electron chi connectivity index (χ1n) is 5.81. The Morgan fingerprint density at radius 3 is 2.44 bits per heavy atom. The molecule has 1 aromatic carbocycles. The molecule has 2 heteroatoms. The summed E-state index contributed by atoms with van der Waals surface area (Å²) in [7, 11) is 0. The number of aryl methyl sites for hydroxylation is 1. The first kappa shape index (κ1) is 13.4. The number of benzene rings is 1. The summed E-state index contributed by atoms with van der Waals surface area (Å²) in [6.45, 7) is 9.34. The molecule has 0 radical (unpaired) electrons. The standard InChI is InChI=1S/C14H21ClO/c1-5-11-6-7-13(16-9-8-15)12(10-11)14(2,3)4/h6-7,10H,5,8-9H2,1-4H3. The summed E-state index contributed by atoms with van der Waals surface area (Å²) in [5, 5.41) is 0. The Morgan fingerprint density at radius 1 is 1.25 bits per heavy atom. The van der Waals surface area contributed by atoms with Crippen LogP contribution in [0.3, 0.4) is 0 Å². The first-order chi connectivity index (χ1) is 7.49. The molecule has 0 unspecified atom stereocenters.